The molecule has 0 unspecified atom stereocenters. The number of aromatic nitrogens is 4. The van der Waals surface area contributed by atoms with Crippen molar-refractivity contribution in [2.24, 2.45) is 0 Å². The lowest BCUT2D eigenvalue weighted by molar-refractivity contribution is -0.141. The van der Waals surface area contributed by atoms with Gasteiger partial charge in [0.25, 0.3) is 11.8 Å². The van der Waals surface area contributed by atoms with Gasteiger partial charge in [0, 0.05) is 13.2 Å². The minimum atomic E-state index is -4.70. The van der Waals surface area contributed by atoms with Gasteiger partial charge < -0.3 is 15.0 Å². The summed E-state index contributed by atoms with van der Waals surface area (Å²) in [6.45, 7) is -0.155. The average Bonchev–Trinajstić information content (AvgIpc) is 3.08. The second-order valence-corrected chi connectivity index (χ2v) is 6.22. The molecule has 3 heterocycles. The highest BCUT2D eigenvalue weighted by atomic mass is 19.4. The predicted octanol–water partition coefficient (Wildman–Crippen LogP) is 1.30. The number of carbonyl (C=O) groups is 2. The van der Waals surface area contributed by atoms with Crippen molar-refractivity contribution in [3.63, 3.8) is 0 Å². The Bertz CT molecular complexity index is 1110. The molecule has 0 radical (unpaired) electrons. The fraction of sp³-hybridized carbons (Fsp3) is 0.235. The van der Waals surface area contributed by atoms with Crippen molar-refractivity contribution in [2.45, 2.75) is 12.2 Å². The SMILES string of the molecule is CN1C(=O)[C@@H](NC(=O)c2nnc3cnc(C(F)(F)F)cn23)COc2ccccc21. The molecule has 1 aliphatic heterocycles. The summed E-state index contributed by atoms with van der Waals surface area (Å²) < 4.78 is 45.2. The highest BCUT2D eigenvalue weighted by molar-refractivity contribution is 6.02. The molecule has 0 spiro atoms. The van der Waals surface area contributed by atoms with Gasteiger partial charge in [-0.1, -0.05) is 12.1 Å². The summed E-state index contributed by atoms with van der Waals surface area (Å²) >= 11 is 0. The van der Waals surface area contributed by atoms with Crippen LogP contribution < -0.4 is 15.0 Å². The molecule has 4 rings (SSSR count). The fourth-order valence-corrected chi connectivity index (χ4v) is 2.88. The van der Waals surface area contributed by atoms with Gasteiger partial charge in [-0.2, -0.15) is 13.2 Å². The number of fused-ring (bicyclic) bond motifs is 2. The van der Waals surface area contributed by atoms with E-state index in [9.17, 15) is 22.8 Å². The molecule has 1 N–H and O–H groups in total. The molecular formula is C17H13F3N6O3. The summed E-state index contributed by atoms with van der Waals surface area (Å²) in [5.41, 5.74) is -0.720. The second kappa shape index (κ2) is 6.72. The van der Waals surface area contributed by atoms with Gasteiger partial charge in [0.1, 0.15) is 18.4 Å². The lowest BCUT2D eigenvalue weighted by atomic mass is 10.2. The summed E-state index contributed by atoms with van der Waals surface area (Å²) in [7, 11) is 1.53. The van der Waals surface area contributed by atoms with Crippen LogP contribution in [-0.2, 0) is 11.0 Å². The molecule has 1 aliphatic rings. The van der Waals surface area contributed by atoms with Crippen LogP contribution in [0.5, 0.6) is 5.75 Å². The van der Waals surface area contributed by atoms with E-state index in [-0.39, 0.29) is 12.3 Å². The Labute approximate surface area is 161 Å². The first-order valence-corrected chi connectivity index (χ1v) is 8.34. The summed E-state index contributed by atoms with van der Waals surface area (Å²) in [5, 5.41) is 9.70. The summed E-state index contributed by atoms with van der Waals surface area (Å²) in [4.78, 5) is 29.9. The maximum absolute atomic E-state index is 12.9. The van der Waals surface area contributed by atoms with Crippen molar-refractivity contribution < 1.29 is 27.5 Å². The van der Waals surface area contributed by atoms with Gasteiger partial charge in [0.2, 0.25) is 5.82 Å². The maximum Gasteiger partial charge on any atom is 0.434 e. The number of hydrogen-bond acceptors (Lipinski definition) is 6. The third-order valence-electron chi connectivity index (χ3n) is 4.35. The van der Waals surface area contributed by atoms with Crippen molar-refractivity contribution in [3.05, 3.63) is 48.2 Å². The monoisotopic (exact) mass is 406 g/mol. The Morgan fingerprint density at radius 2 is 2.03 bits per heavy atom. The zero-order chi connectivity index (χ0) is 20.8. The number of nitrogens with one attached hydrogen (secondary N) is 1. The minimum Gasteiger partial charge on any atom is -0.489 e. The molecule has 2 amide bonds. The lowest BCUT2D eigenvalue weighted by Crippen LogP contribution is -2.49. The largest absolute Gasteiger partial charge is 0.489 e. The van der Waals surface area contributed by atoms with Crippen LogP contribution in [0, 0.1) is 0 Å². The Hall–Kier alpha value is -3.70. The molecule has 9 nitrogen and oxygen atoms in total. The molecule has 1 aromatic carbocycles. The van der Waals surface area contributed by atoms with Gasteiger partial charge in [0.05, 0.1) is 11.9 Å². The summed E-state index contributed by atoms with van der Waals surface area (Å²) in [6.07, 6.45) is -3.22. The number of likely N-dealkylation sites (N-methyl/N-ethyl adjacent to an activating group) is 1. The maximum atomic E-state index is 12.9. The minimum absolute atomic E-state index is 0.0453. The van der Waals surface area contributed by atoms with Crippen LogP contribution in [0.4, 0.5) is 18.9 Å². The highest BCUT2D eigenvalue weighted by Gasteiger charge is 2.34. The van der Waals surface area contributed by atoms with E-state index in [4.69, 9.17) is 4.74 Å². The average molecular weight is 406 g/mol. The zero-order valence-corrected chi connectivity index (χ0v) is 14.8. The molecule has 0 bridgehead atoms. The van der Waals surface area contributed by atoms with E-state index in [0.717, 1.165) is 10.6 Å². The first-order chi connectivity index (χ1) is 13.8. The molecule has 0 aliphatic carbocycles. The van der Waals surface area contributed by atoms with Gasteiger partial charge in [-0.25, -0.2) is 4.98 Å². The third-order valence-corrected chi connectivity index (χ3v) is 4.35. The van der Waals surface area contributed by atoms with Crippen LogP contribution in [0.2, 0.25) is 0 Å². The molecule has 12 heteroatoms. The Morgan fingerprint density at radius 3 is 2.79 bits per heavy atom. The van der Waals surface area contributed by atoms with Crippen LogP contribution in [0.25, 0.3) is 5.65 Å². The Balaban J connectivity index is 1.61. The number of rotatable bonds is 2. The normalized spacial score (nSPS) is 16.9. The van der Waals surface area contributed by atoms with Crippen molar-refractivity contribution in [1.82, 2.24) is 24.9 Å². The van der Waals surface area contributed by atoms with E-state index in [0.29, 0.717) is 17.6 Å². The lowest BCUT2D eigenvalue weighted by Gasteiger charge is -2.20. The molecular weight excluding hydrogens is 393 g/mol. The van der Waals surface area contributed by atoms with Gasteiger partial charge in [-0.05, 0) is 12.1 Å². The molecule has 3 aromatic rings. The van der Waals surface area contributed by atoms with E-state index in [1.807, 2.05) is 0 Å². The molecule has 1 atom stereocenters. The number of para-hydroxylation sites is 2. The standard InChI is InChI=1S/C17H13F3N6O3/c1-25-10-4-2-3-5-11(10)29-8-9(16(25)28)22-15(27)14-24-23-13-6-21-12(7-26(13)14)17(18,19)20/h2-7,9H,8H2,1H3,(H,22,27)/t9-/m0/s1. The van der Waals surface area contributed by atoms with Crippen LogP contribution >= 0.6 is 0 Å². The van der Waals surface area contributed by atoms with E-state index in [1.54, 1.807) is 24.3 Å². The van der Waals surface area contributed by atoms with E-state index >= 15 is 0 Å². The Morgan fingerprint density at radius 1 is 1.28 bits per heavy atom. The first kappa shape index (κ1) is 18.7. The van der Waals surface area contributed by atoms with Crippen LogP contribution in [0.15, 0.2) is 36.7 Å². The van der Waals surface area contributed by atoms with Gasteiger partial charge in [-0.15, -0.1) is 10.2 Å². The molecule has 29 heavy (non-hydrogen) atoms. The number of halogens is 3. The van der Waals surface area contributed by atoms with E-state index in [1.165, 1.54) is 11.9 Å². The smallest absolute Gasteiger partial charge is 0.434 e. The zero-order valence-electron chi connectivity index (χ0n) is 14.8. The van der Waals surface area contributed by atoms with Crippen molar-refractivity contribution >= 4 is 23.1 Å². The summed E-state index contributed by atoms with van der Waals surface area (Å²) in [5.74, 6) is -1.27. The highest BCUT2D eigenvalue weighted by Crippen LogP contribution is 2.30. The van der Waals surface area contributed by atoms with Crippen molar-refractivity contribution in [1.29, 1.82) is 0 Å². The van der Waals surface area contributed by atoms with Crippen molar-refractivity contribution in [2.75, 3.05) is 18.6 Å². The topological polar surface area (TPSA) is 102 Å². The van der Waals surface area contributed by atoms with Gasteiger partial charge in [0.15, 0.2) is 11.3 Å². The Kier molecular flexibility index (Phi) is 4.32. The van der Waals surface area contributed by atoms with Crippen LogP contribution in [0.1, 0.15) is 16.3 Å². The van der Waals surface area contributed by atoms with Crippen LogP contribution in [0.3, 0.4) is 0 Å². The molecule has 150 valence electrons. The van der Waals surface area contributed by atoms with E-state index < -0.39 is 35.6 Å². The third kappa shape index (κ3) is 3.32. The number of carbonyl (C=O) groups excluding carboxylic acids is 2. The number of amides is 2. The number of nitrogens with zero attached hydrogens (tertiary/aromatic N) is 5. The van der Waals surface area contributed by atoms with E-state index in [2.05, 4.69) is 20.5 Å². The number of anilines is 1. The number of alkyl halides is 3. The molecule has 0 saturated carbocycles. The second-order valence-electron chi connectivity index (χ2n) is 6.22. The van der Waals surface area contributed by atoms with Gasteiger partial charge >= 0.3 is 6.18 Å². The molecule has 0 saturated heterocycles. The van der Waals surface area contributed by atoms with Crippen molar-refractivity contribution in [3.8, 4) is 5.75 Å². The first-order valence-electron chi connectivity index (χ1n) is 8.34. The number of ether oxygens (including phenoxy) is 1. The van der Waals surface area contributed by atoms with Crippen LogP contribution in [-0.4, -0.2) is 51.1 Å². The number of hydrogen-bond donors (Lipinski definition) is 1. The summed E-state index contributed by atoms with van der Waals surface area (Å²) in [6, 6.07) is 5.77. The predicted molar refractivity (Wildman–Crippen MR) is 92.4 cm³/mol. The van der Waals surface area contributed by atoms with Gasteiger partial charge in [-0.3, -0.25) is 14.0 Å². The fourth-order valence-electron chi connectivity index (χ4n) is 2.88. The molecule has 2 aromatic heterocycles. The number of benzene rings is 1. The molecule has 0 fully saturated rings. The quantitative estimate of drug-likeness (QED) is 0.688.